The van der Waals surface area contributed by atoms with Gasteiger partial charge in [0, 0.05) is 23.2 Å². The van der Waals surface area contributed by atoms with E-state index in [2.05, 4.69) is 42.6 Å². The minimum Gasteiger partial charge on any atom is -0.363 e. The van der Waals surface area contributed by atoms with Gasteiger partial charge in [-0.05, 0) is 35.6 Å². The van der Waals surface area contributed by atoms with Gasteiger partial charge < -0.3 is 5.32 Å². The van der Waals surface area contributed by atoms with Crippen LogP contribution < -0.4 is 5.32 Å². The molecule has 1 N–H and O–H groups in total. The first kappa shape index (κ1) is 16.8. The maximum atomic E-state index is 9.01. The average Bonchev–Trinajstić information content (AvgIpc) is 2.75. The fourth-order valence-corrected chi connectivity index (χ4v) is 3.29. The van der Waals surface area contributed by atoms with Gasteiger partial charge in [-0.2, -0.15) is 5.26 Å². The van der Waals surface area contributed by atoms with Gasteiger partial charge in [-0.25, -0.2) is 4.98 Å². The van der Waals surface area contributed by atoms with Gasteiger partial charge in [0.2, 0.25) is 0 Å². The van der Waals surface area contributed by atoms with Crippen LogP contribution in [0.2, 0.25) is 0 Å². The molecule has 0 fully saturated rings. The van der Waals surface area contributed by atoms with Crippen molar-refractivity contribution in [3.05, 3.63) is 96.2 Å². The second-order valence-corrected chi connectivity index (χ2v) is 6.53. The van der Waals surface area contributed by atoms with Gasteiger partial charge in [0.1, 0.15) is 5.82 Å². The van der Waals surface area contributed by atoms with Gasteiger partial charge in [0.25, 0.3) is 0 Å². The van der Waals surface area contributed by atoms with Crippen LogP contribution in [0.15, 0.2) is 85.1 Å². The Morgan fingerprint density at radius 3 is 2.22 bits per heavy atom. The Balaban J connectivity index is 1.75. The number of aromatic nitrogens is 1. The van der Waals surface area contributed by atoms with Gasteiger partial charge in [0.05, 0.1) is 11.6 Å². The van der Waals surface area contributed by atoms with E-state index in [9.17, 15) is 0 Å². The Hall–Kier alpha value is -3.64. The molecule has 0 aliphatic rings. The van der Waals surface area contributed by atoms with Crippen molar-refractivity contribution in [1.29, 1.82) is 5.26 Å². The van der Waals surface area contributed by atoms with Crippen molar-refractivity contribution >= 4 is 16.6 Å². The van der Waals surface area contributed by atoms with Crippen LogP contribution in [-0.2, 0) is 0 Å². The molecule has 3 heteroatoms. The molecule has 4 aromatic rings. The van der Waals surface area contributed by atoms with Gasteiger partial charge >= 0.3 is 0 Å². The summed E-state index contributed by atoms with van der Waals surface area (Å²) in [5.41, 5.74) is 4.00. The normalized spacial score (nSPS) is 11.7. The summed E-state index contributed by atoms with van der Waals surface area (Å²) in [6.07, 6.45) is 1.91. The summed E-state index contributed by atoms with van der Waals surface area (Å²) in [6, 6.07) is 28.6. The second kappa shape index (κ2) is 7.31. The number of nitrogens with zero attached hydrogens (tertiary/aromatic N) is 2. The van der Waals surface area contributed by atoms with Crippen LogP contribution in [0.3, 0.4) is 0 Å². The Bertz CT molecular complexity index is 1110. The number of pyridine rings is 1. The van der Waals surface area contributed by atoms with E-state index >= 15 is 0 Å². The van der Waals surface area contributed by atoms with Crippen molar-refractivity contribution in [2.24, 2.45) is 0 Å². The summed E-state index contributed by atoms with van der Waals surface area (Å²) < 4.78 is 0. The Kier molecular flexibility index (Phi) is 4.55. The van der Waals surface area contributed by atoms with E-state index < -0.39 is 0 Å². The lowest BCUT2D eigenvalue weighted by Gasteiger charge is -2.17. The highest BCUT2D eigenvalue weighted by atomic mass is 15.0. The number of anilines is 1. The number of nitriles is 1. The third-order valence-electron chi connectivity index (χ3n) is 4.77. The summed E-state index contributed by atoms with van der Waals surface area (Å²) in [4.78, 5) is 4.72. The van der Waals surface area contributed by atoms with E-state index in [4.69, 9.17) is 10.2 Å². The number of hydrogen-bond donors (Lipinski definition) is 1. The first-order valence-corrected chi connectivity index (χ1v) is 8.96. The molecule has 0 aliphatic carbocycles. The molecular formula is C24H19N3. The maximum absolute atomic E-state index is 9.01. The number of hydrogen-bond acceptors (Lipinski definition) is 3. The number of fused-ring (bicyclic) bond motifs is 1. The molecule has 1 aromatic heterocycles. The molecule has 1 atom stereocenters. The molecule has 3 aromatic carbocycles. The average molecular weight is 349 g/mol. The monoisotopic (exact) mass is 349 g/mol. The highest BCUT2D eigenvalue weighted by Gasteiger charge is 2.12. The van der Waals surface area contributed by atoms with Crippen molar-refractivity contribution in [1.82, 2.24) is 4.98 Å². The van der Waals surface area contributed by atoms with Crippen LogP contribution >= 0.6 is 0 Å². The molecule has 1 unspecified atom stereocenters. The third kappa shape index (κ3) is 3.38. The zero-order valence-corrected chi connectivity index (χ0v) is 15.1. The first-order valence-electron chi connectivity index (χ1n) is 8.96. The van der Waals surface area contributed by atoms with Gasteiger partial charge in [-0.15, -0.1) is 0 Å². The van der Waals surface area contributed by atoms with Crippen molar-refractivity contribution in [3.63, 3.8) is 0 Å². The minimum absolute atomic E-state index is 0.155. The van der Waals surface area contributed by atoms with E-state index in [0.29, 0.717) is 5.56 Å². The van der Waals surface area contributed by atoms with Crippen molar-refractivity contribution in [3.8, 4) is 17.2 Å². The first-order chi connectivity index (χ1) is 13.3. The van der Waals surface area contributed by atoms with Crippen molar-refractivity contribution in [2.75, 3.05) is 5.32 Å². The fourth-order valence-electron chi connectivity index (χ4n) is 3.29. The topological polar surface area (TPSA) is 48.7 Å². The van der Waals surface area contributed by atoms with Crippen molar-refractivity contribution in [2.45, 2.75) is 13.0 Å². The highest BCUT2D eigenvalue weighted by Crippen LogP contribution is 2.33. The van der Waals surface area contributed by atoms with Crippen LogP contribution in [0.25, 0.3) is 21.9 Å². The third-order valence-corrected chi connectivity index (χ3v) is 4.77. The van der Waals surface area contributed by atoms with Crippen LogP contribution in [-0.4, -0.2) is 4.98 Å². The molecule has 1 heterocycles. The van der Waals surface area contributed by atoms with E-state index in [1.807, 2.05) is 60.8 Å². The predicted molar refractivity (Wildman–Crippen MR) is 110 cm³/mol. The lowest BCUT2D eigenvalue weighted by Crippen LogP contribution is -2.08. The van der Waals surface area contributed by atoms with Crippen LogP contribution in [0.4, 0.5) is 5.82 Å². The van der Waals surface area contributed by atoms with E-state index in [1.54, 1.807) is 0 Å². The van der Waals surface area contributed by atoms with E-state index in [-0.39, 0.29) is 6.04 Å². The quantitative estimate of drug-likeness (QED) is 0.495. The summed E-state index contributed by atoms with van der Waals surface area (Å²) in [7, 11) is 0. The maximum Gasteiger partial charge on any atom is 0.134 e. The molecule has 0 spiro atoms. The van der Waals surface area contributed by atoms with E-state index in [1.165, 1.54) is 5.56 Å². The standard InChI is InChI=1S/C24H19N3/c1-17(19-7-3-2-4-8-19)27-24-22-10-6-5-9-21(22)23(16-26-24)20-13-11-18(15-25)12-14-20/h2-14,16-17H,1H3,(H,26,27). The Labute approximate surface area is 158 Å². The second-order valence-electron chi connectivity index (χ2n) is 6.53. The van der Waals surface area contributed by atoms with E-state index in [0.717, 1.165) is 27.7 Å². The summed E-state index contributed by atoms with van der Waals surface area (Å²) >= 11 is 0. The largest absolute Gasteiger partial charge is 0.363 e. The smallest absolute Gasteiger partial charge is 0.134 e. The molecule has 130 valence electrons. The summed E-state index contributed by atoms with van der Waals surface area (Å²) in [5.74, 6) is 0.874. The van der Waals surface area contributed by atoms with Crippen LogP contribution in [0, 0.1) is 11.3 Å². The molecule has 0 amide bonds. The fraction of sp³-hybridized carbons (Fsp3) is 0.0833. The Morgan fingerprint density at radius 2 is 1.52 bits per heavy atom. The predicted octanol–water partition coefficient (Wildman–Crippen LogP) is 5.95. The van der Waals surface area contributed by atoms with Gasteiger partial charge in [0.15, 0.2) is 0 Å². The number of benzene rings is 3. The zero-order chi connectivity index (χ0) is 18.6. The highest BCUT2D eigenvalue weighted by molar-refractivity contribution is 6.01. The molecular weight excluding hydrogens is 330 g/mol. The zero-order valence-electron chi connectivity index (χ0n) is 15.1. The number of rotatable bonds is 4. The molecule has 4 rings (SSSR count). The van der Waals surface area contributed by atoms with Crippen LogP contribution in [0.5, 0.6) is 0 Å². The minimum atomic E-state index is 0.155. The molecule has 0 aliphatic heterocycles. The molecule has 0 radical (unpaired) electrons. The summed E-state index contributed by atoms with van der Waals surface area (Å²) in [5, 5.41) is 14.8. The molecule has 27 heavy (non-hydrogen) atoms. The lowest BCUT2D eigenvalue weighted by molar-refractivity contribution is 0.878. The van der Waals surface area contributed by atoms with Crippen LogP contribution in [0.1, 0.15) is 24.1 Å². The molecule has 0 saturated carbocycles. The number of nitrogens with one attached hydrogen (secondary N) is 1. The lowest BCUT2D eigenvalue weighted by atomic mass is 9.99. The molecule has 3 nitrogen and oxygen atoms in total. The molecule has 0 saturated heterocycles. The SMILES string of the molecule is CC(Nc1ncc(-c2ccc(C#N)cc2)c2ccccc12)c1ccccc1. The summed E-state index contributed by atoms with van der Waals surface area (Å²) in [6.45, 7) is 2.14. The molecule has 0 bridgehead atoms. The van der Waals surface area contributed by atoms with Gasteiger partial charge in [-0.1, -0.05) is 66.7 Å². The Morgan fingerprint density at radius 1 is 0.852 bits per heavy atom. The van der Waals surface area contributed by atoms with Gasteiger partial charge in [-0.3, -0.25) is 0 Å². The van der Waals surface area contributed by atoms with Crippen molar-refractivity contribution < 1.29 is 0 Å².